The zero-order valence-corrected chi connectivity index (χ0v) is 32.6. The van der Waals surface area contributed by atoms with Crippen molar-refractivity contribution in [1.29, 1.82) is 0 Å². The van der Waals surface area contributed by atoms with Crippen molar-refractivity contribution in [2.24, 2.45) is 0 Å². The maximum absolute atomic E-state index is 3.44. The second-order valence-electron chi connectivity index (χ2n) is 14.5. The van der Waals surface area contributed by atoms with Crippen molar-refractivity contribution >= 4 is 71.0 Å². The number of nitrogens with zero attached hydrogens (tertiary/aromatic N) is 1. The molecule has 0 unspecified atom stereocenters. The molecule has 0 radical (unpaired) electrons. The number of benzene rings is 7. The fourth-order valence-electron chi connectivity index (χ4n) is 9.30. The maximum atomic E-state index is 2.55. The van der Waals surface area contributed by atoms with Crippen molar-refractivity contribution in [2.75, 3.05) is 4.90 Å². The zero-order valence-electron chi connectivity index (χ0n) is 30.5. The zero-order chi connectivity index (χ0) is 35.3. The fourth-order valence-corrected chi connectivity index (χ4v) is 20.0. The van der Waals surface area contributed by atoms with Gasteiger partial charge < -0.3 is 0 Å². The van der Waals surface area contributed by atoms with Gasteiger partial charge in [-0.25, -0.2) is 0 Å². The van der Waals surface area contributed by atoms with Gasteiger partial charge in [-0.2, -0.15) is 0 Å². The van der Waals surface area contributed by atoms with Crippen molar-refractivity contribution in [3.05, 3.63) is 191 Å². The van der Waals surface area contributed by atoms with E-state index in [4.69, 9.17) is 0 Å². The van der Waals surface area contributed by atoms with E-state index in [0.29, 0.717) is 0 Å². The Bertz CT molecular complexity index is 2200. The number of fused-ring (bicyclic) bond motifs is 2. The van der Waals surface area contributed by atoms with E-state index in [9.17, 15) is 0 Å². The molecule has 3 heteroatoms. The number of hydrogen-bond acceptors (Lipinski definition) is 1. The Morgan fingerprint density at radius 1 is 0.412 bits per heavy atom. The van der Waals surface area contributed by atoms with Crippen molar-refractivity contribution in [2.45, 2.75) is 41.5 Å². The van der Waals surface area contributed by atoms with Gasteiger partial charge in [0.2, 0.25) is 0 Å². The molecule has 1 aliphatic heterocycles. The Labute approximate surface area is 307 Å². The van der Waals surface area contributed by atoms with Gasteiger partial charge in [0, 0.05) is 0 Å². The van der Waals surface area contributed by atoms with Crippen LogP contribution in [0.2, 0.25) is 0 Å². The van der Waals surface area contributed by atoms with Gasteiger partial charge in [0.15, 0.2) is 0 Å². The molecule has 0 bridgehead atoms. The van der Waals surface area contributed by atoms with Crippen LogP contribution in [-0.4, -0.2) is 20.0 Å². The molecule has 0 amide bonds. The summed E-state index contributed by atoms with van der Waals surface area (Å²) in [4.78, 5) is 2.55. The second kappa shape index (κ2) is 13.2. The first-order valence-corrected chi connectivity index (χ1v) is 22.3. The summed E-state index contributed by atoms with van der Waals surface area (Å²) < 4.78 is 5.83. The predicted molar refractivity (Wildman–Crippen MR) is 224 cm³/mol. The topological polar surface area (TPSA) is 3.24 Å². The average molecular weight is 718 g/mol. The summed E-state index contributed by atoms with van der Waals surface area (Å²) >= 11 is -3.44. The number of para-hydroxylation sites is 2. The van der Waals surface area contributed by atoms with Gasteiger partial charge in [-0.3, -0.25) is 0 Å². The summed E-state index contributed by atoms with van der Waals surface area (Å²) in [5.74, 6) is 0. The quantitative estimate of drug-likeness (QED) is 0.165. The third kappa shape index (κ3) is 5.48. The van der Waals surface area contributed by atoms with E-state index in [1.54, 1.807) is 0 Å². The molecule has 7 aromatic rings. The summed E-state index contributed by atoms with van der Waals surface area (Å²) in [6.45, 7) is 13.7. The van der Waals surface area contributed by atoms with Gasteiger partial charge in [-0.15, -0.1) is 0 Å². The molecule has 0 aromatic heterocycles. The first-order valence-electron chi connectivity index (χ1n) is 18.1. The molecule has 1 nitrogen and oxygen atoms in total. The predicted octanol–water partition coefficient (Wildman–Crippen LogP) is 7.21. The van der Waals surface area contributed by atoms with Crippen LogP contribution in [-0.2, 0) is 0 Å². The summed E-state index contributed by atoms with van der Waals surface area (Å²) in [7, 11) is 0. The SMILES string of the molecule is Cc1cc(C)c(B(c2cccc(N3c4cccc[c]4[Ge]([c]4ccccc4)([c]4ccccc4)[c]4ccccc43)c2)c2c(C)cc(C)cc2C)c(C)c1. The molecule has 7 aromatic carbocycles. The molecular formula is C48H44BGeN. The third-order valence-corrected chi connectivity index (χ3v) is 21.2. The normalized spacial score (nSPS) is 13.0. The van der Waals surface area contributed by atoms with Crippen molar-refractivity contribution in [1.82, 2.24) is 0 Å². The molecule has 248 valence electrons. The summed E-state index contributed by atoms with van der Waals surface area (Å²) in [6.07, 6.45) is 0. The van der Waals surface area contributed by atoms with Crippen LogP contribution >= 0.6 is 0 Å². The molecule has 0 saturated carbocycles. The van der Waals surface area contributed by atoms with E-state index < -0.39 is 13.3 Å². The van der Waals surface area contributed by atoms with Crippen molar-refractivity contribution < 1.29 is 0 Å². The molecule has 0 spiro atoms. The van der Waals surface area contributed by atoms with Crippen LogP contribution in [0.4, 0.5) is 17.1 Å². The Morgan fingerprint density at radius 3 is 1.27 bits per heavy atom. The van der Waals surface area contributed by atoms with Gasteiger partial charge in [0.25, 0.3) is 0 Å². The van der Waals surface area contributed by atoms with E-state index in [1.165, 1.54) is 84.4 Å². The van der Waals surface area contributed by atoms with E-state index in [0.717, 1.165) is 0 Å². The molecule has 8 rings (SSSR count). The van der Waals surface area contributed by atoms with E-state index in [-0.39, 0.29) is 6.71 Å². The molecule has 0 saturated heterocycles. The summed E-state index contributed by atoms with van der Waals surface area (Å²) in [5, 5.41) is 0. The van der Waals surface area contributed by atoms with E-state index in [1.807, 2.05) is 0 Å². The van der Waals surface area contributed by atoms with E-state index >= 15 is 0 Å². The van der Waals surface area contributed by atoms with Crippen LogP contribution in [0, 0.1) is 41.5 Å². The summed E-state index contributed by atoms with van der Waals surface area (Å²) in [5.41, 5.74) is 15.9. The Balaban J connectivity index is 1.40. The Kier molecular flexibility index (Phi) is 8.60. The number of hydrogen-bond donors (Lipinski definition) is 0. The number of rotatable bonds is 6. The monoisotopic (exact) mass is 719 g/mol. The number of aryl methyl sites for hydroxylation is 6. The second-order valence-corrected chi connectivity index (χ2v) is 22.3. The Morgan fingerprint density at radius 2 is 0.824 bits per heavy atom. The minimum atomic E-state index is -3.44. The minimum absolute atomic E-state index is 0.104. The molecule has 0 N–H and O–H groups in total. The van der Waals surface area contributed by atoms with Crippen LogP contribution in [0.5, 0.6) is 0 Å². The molecule has 0 atom stereocenters. The van der Waals surface area contributed by atoms with Crippen molar-refractivity contribution in [3.8, 4) is 0 Å². The van der Waals surface area contributed by atoms with Gasteiger partial charge in [0.1, 0.15) is 0 Å². The van der Waals surface area contributed by atoms with Gasteiger partial charge in [-0.1, -0.05) is 0 Å². The molecule has 51 heavy (non-hydrogen) atoms. The van der Waals surface area contributed by atoms with Gasteiger partial charge >= 0.3 is 309 Å². The van der Waals surface area contributed by atoms with Gasteiger partial charge in [-0.05, 0) is 0 Å². The van der Waals surface area contributed by atoms with Crippen LogP contribution in [0.15, 0.2) is 158 Å². The standard InChI is InChI=1S/C48H44BGeN/c1-33-28-35(3)47(36(4)29-33)49(48-37(5)30-34(2)31-38(48)6)39-18-17-23-42(32-39)51-45-26-15-13-24-43(45)50(40-19-9-7-10-20-40,41-21-11-8-12-22-41)44-25-14-16-27-46(44)51/h7-32H,1-6H3. The number of anilines is 3. The van der Waals surface area contributed by atoms with Crippen molar-refractivity contribution in [3.63, 3.8) is 0 Å². The average Bonchev–Trinajstić information content (AvgIpc) is 3.13. The first-order chi connectivity index (χ1) is 24.8. The molecule has 1 aliphatic rings. The molecule has 0 aliphatic carbocycles. The van der Waals surface area contributed by atoms with Crippen LogP contribution < -0.4 is 38.9 Å². The molecular weight excluding hydrogens is 674 g/mol. The van der Waals surface area contributed by atoms with Crippen LogP contribution in [0.3, 0.4) is 0 Å². The van der Waals surface area contributed by atoms with Crippen LogP contribution in [0.25, 0.3) is 0 Å². The Hall–Kier alpha value is -5.05. The first kappa shape index (κ1) is 33.1. The molecule has 1 heterocycles. The van der Waals surface area contributed by atoms with Gasteiger partial charge in [0.05, 0.1) is 0 Å². The van der Waals surface area contributed by atoms with Crippen LogP contribution in [0.1, 0.15) is 33.4 Å². The summed E-state index contributed by atoms with van der Waals surface area (Å²) in [6, 6.07) is 60.0. The molecule has 0 fully saturated rings. The van der Waals surface area contributed by atoms with E-state index in [2.05, 4.69) is 204 Å². The third-order valence-electron chi connectivity index (χ3n) is 11.0. The fraction of sp³-hybridized carbons (Fsp3) is 0.125.